The van der Waals surface area contributed by atoms with Gasteiger partial charge in [0.2, 0.25) is 0 Å². The van der Waals surface area contributed by atoms with Crippen molar-refractivity contribution in [2.45, 2.75) is 32.7 Å². The summed E-state index contributed by atoms with van der Waals surface area (Å²) in [6.45, 7) is 8.46. The van der Waals surface area contributed by atoms with Gasteiger partial charge in [0.25, 0.3) is 0 Å². The van der Waals surface area contributed by atoms with Gasteiger partial charge in [0.1, 0.15) is 5.91 Å². The third kappa shape index (κ3) is 6.03. The van der Waals surface area contributed by atoms with Crippen LogP contribution in [0.5, 0.6) is 0 Å². The predicted molar refractivity (Wildman–Crippen MR) is 66.2 cm³/mol. The summed E-state index contributed by atoms with van der Waals surface area (Å²) < 4.78 is 11.2. The molecule has 3 nitrogen and oxygen atoms in total. The summed E-state index contributed by atoms with van der Waals surface area (Å²) in [4.78, 5) is 0. The molecule has 2 N–H and O–H groups in total. The van der Waals surface area contributed by atoms with Crippen molar-refractivity contribution in [3.05, 3.63) is 0 Å². The maximum absolute atomic E-state index is 5.61. The number of hydrogen-bond acceptors (Lipinski definition) is 4. The summed E-state index contributed by atoms with van der Waals surface area (Å²) in [6.07, 6.45) is 0. The van der Waals surface area contributed by atoms with Crippen LogP contribution in [-0.4, -0.2) is 39.4 Å². The van der Waals surface area contributed by atoms with Crippen molar-refractivity contribution in [2.75, 3.05) is 25.5 Å². The molecule has 14 heavy (non-hydrogen) atoms. The molecule has 1 atom stereocenters. The van der Waals surface area contributed by atoms with Crippen LogP contribution < -0.4 is 5.73 Å². The first-order valence-corrected chi connectivity index (χ1v) is 9.29. The van der Waals surface area contributed by atoms with Crippen LogP contribution in [0.1, 0.15) is 20.8 Å². The van der Waals surface area contributed by atoms with Crippen LogP contribution in [0.15, 0.2) is 0 Å². The molecule has 0 aromatic carbocycles. The van der Waals surface area contributed by atoms with Crippen LogP contribution in [0.2, 0.25) is 6.04 Å². The number of nitrogens with two attached hydrogens (primary N) is 1. The molecular weight excluding hydrogens is 214 g/mol. The Balaban J connectivity index is 3.96. The van der Waals surface area contributed by atoms with Crippen molar-refractivity contribution >= 4 is 19.2 Å². The molecule has 86 valence electrons. The molecule has 0 rings (SSSR count). The van der Waals surface area contributed by atoms with Crippen LogP contribution in [-0.2, 0) is 9.47 Å². The van der Waals surface area contributed by atoms with Gasteiger partial charge in [-0.2, -0.15) is 11.2 Å². The molecule has 0 aliphatic heterocycles. The second kappa shape index (κ2) is 9.98. The molecule has 0 fully saturated rings. The summed E-state index contributed by atoms with van der Waals surface area (Å²) in [5, 5.41) is 0. The van der Waals surface area contributed by atoms with Crippen molar-refractivity contribution in [3.8, 4) is 0 Å². The highest BCUT2D eigenvalue weighted by Crippen LogP contribution is 2.17. The van der Waals surface area contributed by atoms with E-state index in [2.05, 4.69) is 6.92 Å². The predicted octanol–water partition coefficient (Wildman–Crippen LogP) is 1.36. The Hall–Kier alpha value is 0.447. The van der Waals surface area contributed by atoms with Gasteiger partial charge in [-0.25, -0.2) is 0 Å². The lowest BCUT2D eigenvalue weighted by Crippen LogP contribution is -2.34. The van der Waals surface area contributed by atoms with E-state index in [0.717, 1.165) is 25.5 Å². The van der Waals surface area contributed by atoms with Gasteiger partial charge in [-0.3, -0.25) is 0 Å². The van der Waals surface area contributed by atoms with Crippen molar-refractivity contribution in [1.82, 2.24) is 0 Å². The monoisotopic (exact) mass is 237 g/mol. The zero-order chi connectivity index (χ0) is 10.8. The van der Waals surface area contributed by atoms with E-state index in [9.17, 15) is 0 Å². The second-order valence-corrected chi connectivity index (χ2v) is 8.88. The molecule has 0 aliphatic carbocycles. The van der Waals surface area contributed by atoms with Gasteiger partial charge in [0, 0.05) is 19.8 Å². The molecular formula is C9H23NO2SSi. The van der Waals surface area contributed by atoms with E-state index in [4.69, 9.17) is 15.2 Å². The lowest BCUT2D eigenvalue weighted by atomic mass is 10.8. The summed E-state index contributed by atoms with van der Waals surface area (Å²) in [5.41, 5.74) is 5.50. The van der Waals surface area contributed by atoms with E-state index in [0.29, 0.717) is 0 Å². The minimum Gasteiger partial charge on any atom is -0.356 e. The van der Waals surface area contributed by atoms with Gasteiger partial charge < -0.3 is 15.2 Å². The van der Waals surface area contributed by atoms with E-state index in [1.54, 1.807) is 0 Å². The van der Waals surface area contributed by atoms with Gasteiger partial charge in [0.05, 0.1) is 0 Å². The molecule has 0 heterocycles. The third-order valence-corrected chi connectivity index (χ3v) is 8.17. The Morgan fingerprint density at radius 2 is 1.79 bits per heavy atom. The largest absolute Gasteiger partial charge is 0.356 e. The summed E-state index contributed by atoms with van der Waals surface area (Å²) in [7, 11) is -0.989. The molecule has 0 saturated heterocycles. The highest BCUT2D eigenvalue weighted by molar-refractivity contribution is 8.25. The quantitative estimate of drug-likeness (QED) is 0.486. The van der Waals surface area contributed by atoms with Crippen LogP contribution in [0.4, 0.5) is 0 Å². The molecule has 1 unspecified atom stereocenters. The van der Waals surface area contributed by atoms with Crippen molar-refractivity contribution in [2.24, 2.45) is 5.73 Å². The smallest absolute Gasteiger partial charge is 0.166 e. The maximum atomic E-state index is 5.61. The molecule has 0 radical (unpaired) electrons. The Labute approximate surface area is 93.0 Å². The minimum atomic E-state index is -0.989. The molecule has 0 saturated carbocycles. The molecule has 0 amide bonds. The van der Waals surface area contributed by atoms with Crippen LogP contribution in [0.25, 0.3) is 0 Å². The molecule has 0 bridgehead atoms. The first-order chi connectivity index (χ1) is 6.79. The Morgan fingerprint density at radius 1 is 1.21 bits per heavy atom. The highest BCUT2D eigenvalue weighted by Gasteiger charge is 2.22. The van der Waals surface area contributed by atoms with E-state index >= 15 is 0 Å². The van der Waals surface area contributed by atoms with Crippen LogP contribution in [0, 0.1) is 0 Å². The fourth-order valence-electron chi connectivity index (χ4n) is 1.20. The SMILES string of the molecule is CCOC(OCC)[SiH](CC)SCCN. The van der Waals surface area contributed by atoms with Gasteiger partial charge in [0.15, 0.2) is 7.95 Å². The molecule has 0 aliphatic rings. The highest BCUT2D eigenvalue weighted by atomic mass is 32.4. The van der Waals surface area contributed by atoms with E-state index in [-0.39, 0.29) is 5.91 Å². The van der Waals surface area contributed by atoms with Crippen molar-refractivity contribution in [3.63, 3.8) is 0 Å². The fraction of sp³-hybridized carbons (Fsp3) is 1.00. The molecule has 0 aromatic rings. The lowest BCUT2D eigenvalue weighted by Gasteiger charge is -2.23. The van der Waals surface area contributed by atoms with Gasteiger partial charge >= 0.3 is 0 Å². The number of rotatable bonds is 9. The average Bonchev–Trinajstić information content (AvgIpc) is 2.19. The van der Waals surface area contributed by atoms with Gasteiger partial charge in [-0.15, -0.1) is 0 Å². The summed E-state index contributed by atoms with van der Waals surface area (Å²) >= 11 is 1.97. The zero-order valence-electron chi connectivity index (χ0n) is 9.49. The average molecular weight is 237 g/mol. The van der Waals surface area contributed by atoms with Crippen LogP contribution in [0.3, 0.4) is 0 Å². The molecule has 0 aromatic heterocycles. The zero-order valence-corrected chi connectivity index (χ0v) is 11.5. The summed E-state index contributed by atoms with van der Waals surface area (Å²) in [5.74, 6) is 1.09. The standard InChI is InChI=1S/C9H23NO2SSi/c1-4-11-9(12-5-2)14(6-3)13-8-7-10/h9,14H,4-8,10H2,1-3H3. The van der Waals surface area contributed by atoms with E-state index in [1.807, 2.05) is 25.1 Å². The Bertz CT molecular complexity index is 123. The minimum absolute atomic E-state index is 0.0616. The summed E-state index contributed by atoms with van der Waals surface area (Å²) in [6, 6.07) is 1.19. The topological polar surface area (TPSA) is 44.5 Å². The lowest BCUT2D eigenvalue weighted by molar-refractivity contribution is -0.0836. The van der Waals surface area contributed by atoms with Crippen molar-refractivity contribution in [1.29, 1.82) is 0 Å². The van der Waals surface area contributed by atoms with Gasteiger partial charge in [-0.05, 0) is 25.6 Å². The maximum Gasteiger partial charge on any atom is 0.166 e. The van der Waals surface area contributed by atoms with Crippen LogP contribution >= 0.6 is 11.2 Å². The normalized spacial score (nSPS) is 13.5. The molecule has 0 spiro atoms. The first-order valence-electron chi connectivity index (χ1n) is 5.34. The number of ether oxygens (including phenoxy) is 2. The fourth-order valence-corrected chi connectivity index (χ4v) is 6.20. The molecule has 5 heteroatoms. The first kappa shape index (κ1) is 14.4. The van der Waals surface area contributed by atoms with E-state index in [1.165, 1.54) is 6.04 Å². The Kier molecular flexibility index (Phi) is 10.3. The third-order valence-electron chi connectivity index (χ3n) is 1.82. The second-order valence-electron chi connectivity index (χ2n) is 2.89. The number of hydrogen-bond donors (Lipinski definition) is 1. The van der Waals surface area contributed by atoms with E-state index < -0.39 is 7.95 Å². The Morgan fingerprint density at radius 3 is 2.14 bits per heavy atom. The van der Waals surface area contributed by atoms with Crippen molar-refractivity contribution < 1.29 is 9.47 Å². The van der Waals surface area contributed by atoms with Gasteiger partial charge in [-0.1, -0.05) is 6.92 Å².